The summed E-state index contributed by atoms with van der Waals surface area (Å²) in [7, 11) is 0. The fraction of sp³-hybridized carbons (Fsp3) is 0.353. The second-order valence-corrected chi connectivity index (χ2v) is 4.94. The van der Waals surface area contributed by atoms with Gasteiger partial charge >= 0.3 is 0 Å². The third-order valence-corrected chi connectivity index (χ3v) is 3.30. The minimum Gasteiger partial charge on any atom is -0.395 e. The second kappa shape index (κ2) is 7.78. The van der Waals surface area contributed by atoms with Crippen LogP contribution in [0, 0.1) is 0 Å². The highest BCUT2D eigenvalue weighted by atomic mass is 16.3. The molecular formula is C17H22N2O. The number of hydrogen-bond acceptors (Lipinski definition) is 3. The molecule has 0 fully saturated rings. The maximum atomic E-state index is 9.13. The topological polar surface area (TPSA) is 36.4 Å². The highest BCUT2D eigenvalue weighted by Gasteiger charge is 2.05. The highest BCUT2D eigenvalue weighted by molar-refractivity contribution is 5.63. The van der Waals surface area contributed by atoms with Crippen LogP contribution in [0.4, 0.5) is 0 Å². The molecule has 0 spiro atoms. The molecule has 1 aromatic heterocycles. The maximum Gasteiger partial charge on any atom is 0.0558 e. The second-order valence-electron chi connectivity index (χ2n) is 4.94. The Bertz CT molecular complexity index is 507. The molecule has 0 aliphatic carbocycles. The molecule has 0 radical (unpaired) electrons. The molecule has 0 aliphatic rings. The first-order valence-electron chi connectivity index (χ1n) is 7.16. The molecule has 0 saturated carbocycles. The van der Waals surface area contributed by atoms with Gasteiger partial charge in [-0.3, -0.25) is 9.88 Å². The van der Waals surface area contributed by atoms with E-state index in [0.717, 1.165) is 26.1 Å². The van der Waals surface area contributed by atoms with E-state index >= 15 is 0 Å². The Balaban J connectivity index is 2.13. The average molecular weight is 270 g/mol. The molecule has 2 aromatic rings. The van der Waals surface area contributed by atoms with E-state index in [2.05, 4.69) is 41.1 Å². The molecule has 0 bridgehead atoms. The summed E-state index contributed by atoms with van der Waals surface area (Å²) in [6.07, 6.45) is 4.73. The summed E-state index contributed by atoms with van der Waals surface area (Å²) in [5.41, 5.74) is 3.68. The lowest BCUT2D eigenvalue weighted by molar-refractivity contribution is 0.190. The van der Waals surface area contributed by atoms with E-state index < -0.39 is 0 Å². The summed E-state index contributed by atoms with van der Waals surface area (Å²) in [6, 6.07) is 12.6. The molecular weight excluding hydrogens is 248 g/mol. The third kappa shape index (κ3) is 4.15. The van der Waals surface area contributed by atoms with Crippen molar-refractivity contribution in [3.63, 3.8) is 0 Å². The Morgan fingerprint density at radius 3 is 2.55 bits per heavy atom. The normalized spacial score (nSPS) is 10.9. The van der Waals surface area contributed by atoms with E-state index in [0.29, 0.717) is 0 Å². The standard InChI is InChI=1S/C17H22N2O/c1-2-10-19(11-12-20)14-15-4-3-5-17(13-15)16-6-8-18-9-7-16/h3-9,13,20H,2,10-12,14H2,1H3. The van der Waals surface area contributed by atoms with Gasteiger partial charge in [0.2, 0.25) is 0 Å². The van der Waals surface area contributed by atoms with Crippen LogP contribution in [0.5, 0.6) is 0 Å². The Hall–Kier alpha value is -1.71. The largest absolute Gasteiger partial charge is 0.395 e. The van der Waals surface area contributed by atoms with E-state index in [1.165, 1.54) is 16.7 Å². The van der Waals surface area contributed by atoms with Crippen LogP contribution in [0.1, 0.15) is 18.9 Å². The number of pyridine rings is 1. The summed E-state index contributed by atoms with van der Waals surface area (Å²) in [5.74, 6) is 0. The molecule has 1 N–H and O–H groups in total. The van der Waals surface area contributed by atoms with Gasteiger partial charge in [0.25, 0.3) is 0 Å². The van der Waals surface area contributed by atoms with E-state index in [-0.39, 0.29) is 6.61 Å². The van der Waals surface area contributed by atoms with E-state index in [9.17, 15) is 0 Å². The minimum atomic E-state index is 0.212. The van der Waals surface area contributed by atoms with Crippen LogP contribution >= 0.6 is 0 Å². The van der Waals surface area contributed by atoms with Crippen LogP contribution < -0.4 is 0 Å². The van der Waals surface area contributed by atoms with Gasteiger partial charge in [-0.2, -0.15) is 0 Å². The fourth-order valence-electron chi connectivity index (χ4n) is 2.38. The molecule has 3 nitrogen and oxygen atoms in total. The van der Waals surface area contributed by atoms with Gasteiger partial charge in [0.05, 0.1) is 6.61 Å². The smallest absolute Gasteiger partial charge is 0.0558 e. The maximum absolute atomic E-state index is 9.13. The number of rotatable bonds is 7. The van der Waals surface area contributed by atoms with Crippen LogP contribution in [0.2, 0.25) is 0 Å². The average Bonchev–Trinajstić information content (AvgIpc) is 2.49. The molecule has 0 amide bonds. The van der Waals surface area contributed by atoms with Crippen LogP contribution in [-0.4, -0.2) is 34.7 Å². The summed E-state index contributed by atoms with van der Waals surface area (Å²) in [6.45, 7) is 5.00. The first-order chi connectivity index (χ1) is 9.83. The molecule has 20 heavy (non-hydrogen) atoms. The molecule has 1 aromatic carbocycles. The number of aromatic nitrogens is 1. The summed E-state index contributed by atoms with van der Waals surface area (Å²) < 4.78 is 0. The lowest BCUT2D eigenvalue weighted by Crippen LogP contribution is -2.27. The third-order valence-electron chi connectivity index (χ3n) is 3.30. The van der Waals surface area contributed by atoms with Crippen molar-refractivity contribution in [3.05, 3.63) is 54.4 Å². The molecule has 1 heterocycles. The van der Waals surface area contributed by atoms with Crippen molar-refractivity contribution in [1.82, 2.24) is 9.88 Å². The molecule has 0 atom stereocenters. The first-order valence-corrected chi connectivity index (χ1v) is 7.16. The van der Waals surface area contributed by atoms with Crippen molar-refractivity contribution in [2.45, 2.75) is 19.9 Å². The predicted molar refractivity (Wildman–Crippen MR) is 82.3 cm³/mol. The van der Waals surface area contributed by atoms with Crippen molar-refractivity contribution < 1.29 is 5.11 Å². The van der Waals surface area contributed by atoms with Crippen LogP contribution in [0.15, 0.2) is 48.8 Å². The number of hydrogen-bond donors (Lipinski definition) is 1. The van der Waals surface area contributed by atoms with Gasteiger partial charge in [0.1, 0.15) is 0 Å². The fourth-order valence-corrected chi connectivity index (χ4v) is 2.38. The van der Waals surface area contributed by atoms with Crippen molar-refractivity contribution in [1.29, 1.82) is 0 Å². The van der Waals surface area contributed by atoms with E-state index in [1.54, 1.807) is 0 Å². The zero-order valence-electron chi connectivity index (χ0n) is 12.0. The molecule has 2 rings (SSSR count). The minimum absolute atomic E-state index is 0.212. The number of benzene rings is 1. The number of aliphatic hydroxyl groups is 1. The van der Waals surface area contributed by atoms with Gasteiger partial charge in [0.15, 0.2) is 0 Å². The van der Waals surface area contributed by atoms with E-state index in [4.69, 9.17) is 5.11 Å². The molecule has 106 valence electrons. The Morgan fingerprint density at radius 2 is 1.85 bits per heavy atom. The molecule has 0 unspecified atom stereocenters. The zero-order chi connectivity index (χ0) is 14.2. The molecule has 0 aliphatic heterocycles. The predicted octanol–water partition coefficient (Wildman–Crippen LogP) is 2.95. The van der Waals surface area contributed by atoms with Gasteiger partial charge in [0, 0.05) is 25.5 Å². The quantitative estimate of drug-likeness (QED) is 0.840. The van der Waals surface area contributed by atoms with Crippen LogP contribution in [0.25, 0.3) is 11.1 Å². The van der Waals surface area contributed by atoms with Crippen molar-refractivity contribution in [2.75, 3.05) is 19.7 Å². The van der Waals surface area contributed by atoms with Gasteiger partial charge in [-0.25, -0.2) is 0 Å². The van der Waals surface area contributed by atoms with Crippen LogP contribution in [0.3, 0.4) is 0 Å². The first kappa shape index (κ1) is 14.7. The van der Waals surface area contributed by atoms with Crippen LogP contribution in [-0.2, 0) is 6.54 Å². The van der Waals surface area contributed by atoms with Crippen molar-refractivity contribution in [3.8, 4) is 11.1 Å². The molecule has 0 saturated heterocycles. The van der Waals surface area contributed by atoms with Gasteiger partial charge in [-0.15, -0.1) is 0 Å². The van der Waals surface area contributed by atoms with E-state index in [1.807, 2.05) is 24.5 Å². The summed E-state index contributed by atoms with van der Waals surface area (Å²) >= 11 is 0. The number of nitrogens with zero attached hydrogens (tertiary/aromatic N) is 2. The SMILES string of the molecule is CCCN(CCO)Cc1cccc(-c2ccncc2)c1. The Morgan fingerprint density at radius 1 is 1.05 bits per heavy atom. The lowest BCUT2D eigenvalue weighted by Gasteiger charge is -2.20. The summed E-state index contributed by atoms with van der Waals surface area (Å²) in [5, 5.41) is 9.13. The number of aliphatic hydroxyl groups excluding tert-OH is 1. The molecule has 3 heteroatoms. The zero-order valence-corrected chi connectivity index (χ0v) is 12.0. The van der Waals surface area contributed by atoms with Gasteiger partial charge in [-0.05, 0) is 47.9 Å². The lowest BCUT2D eigenvalue weighted by atomic mass is 10.0. The van der Waals surface area contributed by atoms with Gasteiger partial charge < -0.3 is 5.11 Å². The summed E-state index contributed by atoms with van der Waals surface area (Å²) in [4.78, 5) is 6.34. The Labute approximate surface area is 120 Å². The monoisotopic (exact) mass is 270 g/mol. The van der Waals surface area contributed by atoms with Gasteiger partial charge in [-0.1, -0.05) is 25.1 Å². The van der Waals surface area contributed by atoms with Crippen molar-refractivity contribution in [2.24, 2.45) is 0 Å². The Kier molecular flexibility index (Phi) is 5.71. The highest BCUT2D eigenvalue weighted by Crippen LogP contribution is 2.20. The van der Waals surface area contributed by atoms with Crippen molar-refractivity contribution >= 4 is 0 Å².